The molecule has 0 saturated carbocycles. The molecule has 1 heterocycles. The number of phenolic OH excluding ortho intramolecular Hbond substituents is 1. The third-order valence-corrected chi connectivity index (χ3v) is 3.75. The Morgan fingerprint density at radius 2 is 1.82 bits per heavy atom. The van der Waals surface area contributed by atoms with Gasteiger partial charge < -0.3 is 10.4 Å². The molecule has 2 aromatic carbocycles. The normalized spacial score (nSPS) is 17.3. The molecule has 0 bridgehead atoms. The number of phenols is 1. The molecule has 1 aliphatic rings. The highest BCUT2D eigenvalue weighted by atomic mass is 35.5. The van der Waals surface area contributed by atoms with Crippen molar-refractivity contribution in [2.24, 2.45) is 0 Å². The summed E-state index contributed by atoms with van der Waals surface area (Å²) in [6, 6.07) is 7.26. The smallest absolute Gasteiger partial charge is 0.416 e. The first kappa shape index (κ1) is 14.7. The van der Waals surface area contributed by atoms with Crippen LogP contribution in [0.4, 0.5) is 18.9 Å². The molecule has 1 amide bonds. The number of carbonyl (C=O) groups excluding carboxylic acids is 1. The van der Waals surface area contributed by atoms with E-state index in [1.807, 2.05) is 0 Å². The number of nitrogens with one attached hydrogen (secondary N) is 1. The molecular formula is C15H9ClF3NO2. The number of rotatable bonds is 1. The number of carbonyl (C=O) groups is 1. The average Bonchev–Trinajstić information content (AvgIpc) is 2.75. The van der Waals surface area contributed by atoms with Gasteiger partial charge >= 0.3 is 6.18 Å². The van der Waals surface area contributed by atoms with Gasteiger partial charge in [0.25, 0.3) is 0 Å². The molecule has 0 unspecified atom stereocenters. The zero-order valence-electron chi connectivity index (χ0n) is 10.9. The first-order valence-electron chi connectivity index (χ1n) is 6.28. The molecule has 0 fully saturated rings. The van der Waals surface area contributed by atoms with Crippen molar-refractivity contribution in [3.63, 3.8) is 0 Å². The molecule has 3 nitrogen and oxygen atoms in total. The highest BCUT2D eigenvalue weighted by Gasteiger charge is 2.37. The van der Waals surface area contributed by atoms with Gasteiger partial charge in [-0.05, 0) is 35.9 Å². The molecule has 114 valence electrons. The van der Waals surface area contributed by atoms with E-state index in [1.165, 1.54) is 24.3 Å². The van der Waals surface area contributed by atoms with Crippen LogP contribution in [0, 0.1) is 0 Å². The van der Waals surface area contributed by atoms with Crippen LogP contribution < -0.4 is 5.32 Å². The molecule has 22 heavy (non-hydrogen) atoms. The average molecular weight is 328 g/mol. The number of hydrogen-bond donors (Lipinski definition) is 2. The molecule has 1 aliphatic heterocycles. The Balaban J connectivity index is 2.11. The van der Waals surface area contributed by atoms with Crippen LogP contribution in [0.3, 0.4) is 0 Å². The van der Waals surface area contributed by atoms with Crippen molar-refractivity contribution >= 4 is 23.2 Å². The maximum absolute atomic E-state index is 12.7. The minimum absolute atomic E-state index is 0.0872. The Labute approximate surface area is 128 Å². The quantitative estimate of drug-likeness (QED) is 0.826. The molecule has 1 atom stereocenters. The number of anilines is 1. The van der Waals surface area contributed by atoms with Crippen LogP contribution in [-0.4, -0.2) is 11.0 Å². The lowest BCUT2D eigenvalue weighted by Gasteiger charge is -2.12. The van der Waals surface area contributed by atoms with Gasteiger partial charge in [-0.15, -0.1) is 0 Å². The molecule has 0 saturated heterocycles. The van der Waals surface area contributed by atoms with Gasteiger partial charge in [0.2, 0.25) is 5.91 Å². The van der Waals surface area contributed by atoms with Crippen molar-refractivity contribution in [2.45, 2.75) is 12.1 Å². The van der Waals surface area contributed by atoms with Gasteiger partial charge in [0, 0.05) is 16.3 Å². The fourth-order valence-corrected chi connectivity index (χ4v) is 2.68. The summed E-state index contributed by atoms with van der Waals surface area (Å²) in [6.07, 6.45) is -4.49. The minimum atomic E-state index is -4.49. The molecule has 2 N–H and O–H groups in total. The van der Waals surface area contributed by atoms with E-state index in [4.69, 9.17) is 11.6 Å². The first-order valence-corrected chi connectivity index (χ1v) is 6.65. The van der Waals surface area contributed by atoms with Crippen LogP contribution in [-0.2, 0) is 11.0 Å². The van der Waals surface area contributed by atoms with Crippen molar-refractivity contribution in [3.8, 4) is 5.75 Å². The number of benzene rings is 2. The van der Waals surface area contributed by atoms with Gasteiger partial charge in [0.15, 0.2) is 0 Å². The summed E-state index contributed by atoms with van der Waals surface area (Å²) in [5.74, 6) is -1.54. The van der Waals surface area contributed by atoms with Crippen LogP contribution in [0.25, 0.3) is 0 Å². The summed E-state index contributed by atoms with van der Waals surface area (Å²) < 4.78 is 38.2. The molecular weight excluding hydrogens is 319 g/mol. The van der Waals surface area contributed by atoms with E-state index in [0.29, 0.717) is 10.6 Å². The van der Waals surface area contributed by atoms with E-state index in [0.717, 1.165) is 12.1 Å². The zero-order valence-corrected chi connectivity index (χ0v) is 11.7. The summed E-state index contributed by atoms with van der Waals surface area (Å²) in [5, 5.41) is 12.6. The van der Waals surface area contributed by atoms with Crippen LogP contribution >= 0.6 is 11.6 Å². The summed E-state index contributed by atoms with van der Waals surface area (Å²) >= 11 is 5.86. The number of hydrogen-bond acceptors (Lipinski definition) is 2. The number of fused-ring (bicyclic) bond motifs is 1. The third kappa shape index (κ3) is 2.39. The number of halogens is 4. The van der Waals surface area contributed by atoms with Crippen molar-refractivity contribution in [2.75, 3.05) is 5.32 Å². The van der Waals surface area contributed by atoms with Crippen LogP contribution in [0.2, 0.25) is 5.02 Å². The van der Waals surface area contributed by atoms with Crippen LogP contribution in [0.5, 0.6) is 5.75 Å². The highest BCUT2D eigenvalue weighted by molar-refractivity contribution is 6.30. The Bertz CT molecular complexity index is 774. The van der Waals surface area contributed by atoms with Gasteiger partial charge in [-0.25, -0.2) is 0 Å². The largest absolute Gasteiger partial charge is 0.508 e. The van der Waals surface area contributed by atoms with Crippen molar-refractivity contribution < 1.29 is 23.1 Å². The van der Waals surface area contributed by atoms with Crippen molar-refractivity contribution in [3.05, 3.63) is 58.1 Å². The predicted octanol–water partition coefficient (Wildman–Crippen LogP) is 4.15. The standard InChI is InChI=1S/C15H9ClF3NO2/c16-8-2-4-12(21)10(6-8)13-9-3-1-7(15(17,18)19)5-11(9)20-14(13)22/h1-6,13,21H,(H,20,22)/t13-/m0/s1. The number of alkyl halides is 3. The van der Waals surface area contributed by atoms with Gasteiger partial charge in [0.05, 0.1) is 11.5 Å². The lowest BCUT2D eigenvalue weighted by atomic mass is 9.91. The number of amides is 1. The Kier molecular flexibility index (Phi) is 3.29. The Morgan fingerprint density at radius 3 is 2.50 bits per heavy atom. The predicted molar refractivity (Wildman–Crippen MR) is 75.0 cm³/mol. The van der Waals surface area contributed by atoms with E-state index in [2.05, 4.69) is 5.32 Å². The first-order chi connectivity index (χ1) is 10.3. The van der Waals surface area contributed by atoms with Crippen LogP contribution in [0.1, 0.15) is 22.6 Å². The SMILES string of the molecule is O=C1Nc2cc(C(F)(F)F)ccc2[C@H]1c1cc(Cl)ccc1O. The van der Waals surface area contributed by atoms with Gasteiger partial charge in [-0.1, -0.05) is 17.7 Å². The second-order valence-corrected chi connectivity index (χ2v) is 5.36. The van der Waals surface area contributed by atoms with E-state index >= 15 is 0 Å². The van der Waals surface area contributed by atoms with Crippen molar-refractivity contribution in [1.29, 1.82) is 0 Å². The second kappa shape index (κ2) is 4.91. The highest BCUT2D eigenvalue weighted by Crippen LogP contribution is 2.43. The topological polar surface area (TPSA) is 49.3 Å². The molecule has 2 aromatic rings. The summed E-state index contributed by atoms with van der Waals surface area (Å²) in [7, 11) is 0. The Morgan fingerprint density at radius 1 is 1.09 bits per heavy atom. The fourth-order valence-electron chi connectivity index (χ4n) is 2.50. The maximum Gasteiger partial charge on any atom is 0.416 e. The molecule has 0 aliphatic carbocycles. The van der Waals surface area contributed by atoms with E-state index < -0.39 is 23.6 Å². The molecule has 0 radical (unpaired) electrons. The van der Waals surface area contributed by atoms with Crippen molar-refractivity contribution in [1.82, 2.24) is 0 Å². The summed E-state index contributed by atoms with van der Waals surface area (Å²) in [5.41, 5.74) is -0.134. The van der Waals surface area contributed by atoms with Gasteiger partial charge in [-0.3, -0.25) is 4.79 Å². The van der Waals surface area contributed by atoms with E-state index in [-0.39, 0.29) is 17.0 Å². The molecule has 7 heteroatoms. The fraction of sp³-hybridized carbons (Fsp3) is 0.133. The third-order valence-electron chi connectivity index (χ3n) is 3.51. The van der Waals surface area contributed by atoms with E-state index in [9.17, 15) is 23.1 Å². The van der Waals surface area contributed by atoms with Crippen LogP contribution in [0.15, 0.2) is 36.4 Å². The minimum Gasteiger partial charge on any atom is -0.508 e. The van der Waals surface area contributed by atoms with Gasteiger partial charge in [-0.2, -0.15) is 13.2 Å². The zero-order chi connectivity index (χ0) is 16.1. The summed E-state index contributed by atoms with van der Waals surface area (Å²) in [4.78, 5) is 12.1. The number of aromatic hydroxyl groups is 1. The maximum atomic E-state index is 12.7. The Hall–Kier alpha value is -2.21. The second-order valence-electron chi connectivity index (χ2n) is 4.93. The van der Waals surface area contributed by atoms with E-state index in [1.54, 1.807) is 0 Å². The molecule has 0 aromatic heterocycles. The lowest BCUT2D eigenvalue weighted by molar-refractivity contribution is -0.137. The molecule has 3 rings (SSSR count). The molecule has 0 spiro atoms. The van der Waals surface area contributed by atoms with Gasteiger partial charge in [0.1, 0.15) is 5.75 Å². The summed E-state index contributed by atoms with van der Waals surface area (Å²) in [6.45, 7) is 0. The monoisotopic (exact) mass is 327 g/mol. The lowest BCUT2D eigenvalue weighted by Crippen LogP contribution is -2.13.